The van der Waals surface area contributed by atoms with Crippen molar-refractivity contribution in [1.29, 1.82) is 0 Å². The van der Waals surface area contributed by atoms with Crippen LogP contribution in [0.2, 0.25) is 0 Å². The van der Waals surface area contributed by atoms with Gasteiger partial charge in [0.25, 0.3) is 0 Å². The molecule has 0 aliphatic carbocycles. The third-order valence-electron chi connectivity index (χ3n) is 3.44. The lowest BCUT2D eigenvalue weighted by Gasteiger charge is -2.28. The van der Waals surface area contributed by atoms with Gasteiger partial charge in [0.05, 0.1) is 7.11 Å². The first-order valence-corrected chi connectivity index (χ1v) is 6.65. The molecule has 0 aromatic heterocycles. The second-order valence-corrected chi connectivity index (χ2v) is 5.90. The largest absolute Gasteiger partial charge is 0.497 e. The first-order valence-electron chi connectivity index (χ1n) is 6.65. The number of methoxy groups -OCH3 is 1. The molecule has 2 N–H and O–H groups in total. The molecule has 1 aliphatic rings. The molecule has 0 bridgehead atoms. The molecule has 0 atom stereocenters. The van der Waals surface area contributed by atoms with Gasteiger partial charge in [0.1, 0.15) is 5.75 Å². The molecule has 0 amide bonds. The summed E-state index contributed by atoms with van der Waals surface area (Å²) in [6, 6.07) is 6.43. The lowest BCUT2D eigenvalue weighted by atomic mass is 10.0. The summed E-state index contributed by atoms with van der Waals surface area (Å²) in [4.78, 5) is 2.46. The zero-order valence-corrected chi connectivity index (χ0v) is 11.7. The Labute approximate surface area is 110 Å². The fourth-order valence-corrected chi connectivity index (χ4v) is 2.61. The number of nitrogens with two attached hydrogens (primary N) is 1. The van der Waals surface area contributed by atoms with Crippen molar-refractivity contribution in [2.24, 2.45) is 5.73 Å². The van der Waals surface area contributed by atoms with Crippen molar-refractivity contribution in [2.45, 2.75) is 32.2 Å². The molecule has 1 aromatic rings. The molecule has 1 heterocycles. The number of hydrogen-bond donors (Lipinski definition) is 1. The van der Waals surface area contributed by atoms with Crippen molar-refractivity contribution < 1.29 is 4.74 Å². The van der Waals surface area contributed by atoms with E-state index in [1.165, 1.54) is 11.1 Å². The number of nitrogens with zero attached hydrogens (tertiary/aromatic N) is 1. The number of ether oxygens (including phenoxy) is 1. The summed E-state index contributed by atoms with van der Waals surface area (Å²) in [6.07, 6.45) is 2.19. The molecule has 100 valence electrons. The van der Waals surface area contributed by atoms with Crippen molar-refractivity contribution in [1.82, 2.24) is 4.90 Å². The van der Waals surface area contributed by atoms with E-state index in [4.69, 9.17) is 10.5 Å². The van der Waals surface area contributed by atoms with E-state index in [-0.39, 0.29) is 5.54 Å². The van der Waals surface area contributed by atoms with Gasteiger partial charge in [0, 0.05) is 25.2 Å². The molecule has 2 rings (SSSR count). The summed E-state index contributed by atoms with van der Waals surface area (Å²) < 4.78 is 5.29. The van der Waals surface area contributed by atoms with E-state index in [1.807, 2.05) is 0 Å². The van der Waals surface area contributed by atoms with Crippen molar-refractivity contribution in [2.75, 3.05) is 26.7 Å². The van der Waals surface area contributed by atoms with Crippen LogP contribution < -0.4 is 10.5 Å². The Hall–Kier alpha value is -1.06. The molecule has 18 heavy (non-hydrogen) atoms. The number of fused-ring (bicyclic) bond motifs is 1. The smallest absolute Gasteiger partial charge is 0.119 e. The maximum Gasteiger partial charge on any atom is 0.119 e. The molecule has 3 heteroatoms. The Morgan fingerprint density at radius 1 is 1.22 bits per heavy atom. The first kappa shape index (κ1) is 13.4. The number of rotatable bonds is 3. The molecule has 1 aliphatic heterocycles. The van der Waals surface area contributed by atoms with Crippen LogP contribution in [0.3, 0.4) is 0 Å². The molecular weight excluding hydrogens is 224 g/mol. The van der Waals surface area contributed by atoms with E-state index >= 15 is 0 Å². The quantitative estimate of drug-likeness (QED) is 0.887. The molecule has 0 spiro atoms. The Bertz CT molecular complexity index is 409. The Morgan fingerprint density at radius 2 is 1.89 bits per heavy atom. The van der Waals surface area contributed by atoms with Crippen LogP contribution in [0.15, 0.2) is 18.2 Å². The van der Waals surface area contributed by atoms with Crippen LogP contribution in [0, 0.1) is 0 Å². The van der Waals surface area contributed by atoms with E-state index in [0.29, 0.717) is 0 Å². The maximum absolute atomic E-state index is 6.11. The van der Waals surface area contributed by atoms with Crippen LogP contribution in [0.5, 0.6) is 5.75 Å². The highest BCUT2D eigenvalue weighted by molar-refractivity contribution is 5.36. The summed E-state index contributed by atoms with van der Waals surface area (Å²) >= 11 is 0. The highest BCUT2D eigenvalue weighted by Crippen LogP contribution is 2.22. The summed E-state index contributed by atoms with van der Waals surface area (Å²) in [5.41, 5.74) is 8.86. The first-order chi connectivity index (χ1) is 8.48. The van der Waals surface area contributed by atoms with Gasteiger partial charge in [-0.1, -0.05) is 6.07 Å². The van der Waals surface area contributed by atoms with Crippen LogP contribution in [0.1, 0.15) is 25.0 Å². The van der Waals surface area contributed by atoms with Crippen molar-refractivity contribution in [3.8, 4) is 5.75 Å². The summed E-state index contributed by atoms with van der Waals surface area (Å²) in [5, 5.41) is 0. The monoisotopic (exact) mass is 248 g/mol. The van der Waals surface area contributed by atoms with E-state index in [2.05, 4.69) is 36.9 Å². The maximum atomic E-state index is 6.11. The fraction of sp³-hybridized carbons (Fsp3) is 0.600. The van der Waals surface area contributed by atoms with Crippen LogP contribution in [-0.2, 0) is 12.8 Å². The minimum atomic E-state index is -0.117. The minimum Gasteiger partial charge on any atom is -0.497 e. The predicted octanol–water partition coefficient (Wildman–Crippen LogP) is 1.83. The second-order valence-electron chi connectivity index (χ2n) is 5.90. The molecule has 0 saturated heterocycles. The topological polar surface area (TPSA) is 38.5 Å². The zero-order chi connectivity index (χ0) is 13.2. The van der Waals surface area contributed by atoms with Gasteiger partial charge in [-0.05, 0) is 49.9 Å². The molecule has 1 aromatic carbocycles. The van der Waals surface area contributed by atoms with Gasteiger partial charge in [-0.15, -0.1) is 0 Å². The molecule has 0 saturated carbocycles. The number of hydrogen-bond acceptors (Lipinski definition) is 3. The third kappa shape index (κ3) is 3.47. The van der Waals surface area contributed by atoms with Gasteiger partial charge in [-0.2, -0.15) is 0 Å². The summed E-state index contributed by atoms with van der Waals surface area (Å²) in [7, 11) is 1.72. The average molecular weight is 248 g/mol. The predicted molar refractivity (Wildman–Crippen MR) is 75.1 cm³/mol. The molecular formula is C15H24N2O. The van der Waals surface area contributed by atoms with Gasteiger partial charge in [-0.3, -0.25) is 0 Å². The van der Waals surface area contributed by atoms with Crippen molar-refractivity contribution >= 4 is 0 Å². The van der Waals surface area contributed by atoms with Crippen LogP contribution in [0.4, 0.5) is 0 Å². The highest BCUT2D eigenvalue weighted by Gasteiger charge is 2.19. The van der Waals surface area contributed by atoms with E-state index in [0.717, 1.165) is 38.2 Å². The number of benzene rings is 1. The molecule has 0 fully saturated rings. The Morgan fingerprint density at radius 3 is 2.50 bits per heavy atom. The highest BCUT2D eigenvalue weighted by atomic mass is 16.5. The van der Waals surface area contributed by atoms with Crippen LogP contribution in [0.25, 0.3) is 0 Å². The SMILES string of the molecule is COc1ccc2c(c1)CCN(CC(C)(C)N)CC2. The Balaban J connectivity index is 2.07. The molecule has 0 unspecified atom stereocenters. The molecule has 3 nitrogen and oxygen atoms in total. The van der Waals surface area contributed by atoms with E-state index in [1.54, 1.807) is 7.11 Å². The molecule has 0 radical (unpaired) electrons. The average Bonchev–Trinajstić information content (AvgIpc) is 2.49. The van der Waals surface area contributed by atoms with Crippen LogP contribution in [-0.4, -0.2) is 37.2 Å². The standard InChI is InChI=1S/C15H24N2O/c1-15(2,16)11-17-8-6-12-4-5-14(18-3)10-13(12)7-9-17/h4-5,10H,6-9,11,16H2,1-3H3. The van der Waals surface area contributed by atoms with Gasteiger partial charge in [0.15, 0.2) is 0 Å². The lowest BCUT2D eigenvalue weighted by molar-refractivity contribution is 0.235. The lowest BCUT2D eigenvalue weighted by Crippen LogP contribution is -2.46. The van der Waals surface area contributed by atoms with Gasteiger partial charge in [-0.25, -0.2) is 0 Å². The summed E-state index contributed by atoms with van der Waals surface area (Å²) in [6.45, 7) is 7.32. The minimum absolute atomic E-state index is 0.117. The van der Waals surface area contributed by atoms with Gasteiger partial charge in [0.2, 0.25) is 0 Å². The van der Waals surface area contributed by atoms with Gasteiger partial charge >= 0.3 is 0 Å². The van der Waals surface area contributed by atoms with E-state index in [9.17, 15) is 0 Å². The summed E-state index contributed by atoms with van der Waals surface area (Å²) in [5.74, 6) is 0.960. The fourth-order valence-electron chi connectivity index (χ4n) is 2.61. The zero-order valence-electron chi connectivity index (χ0n) is 11.7. The van der Waals surface area contributed by atoms with Crippen molar-refractivity contribution in [3.63, 3.8) is 0 Å². The van der Waals surface area contributed by atoms with Gasteiger partial charge < -0.3 is 15.4 Å². The van der Waals surface area contributed by atoms with Crippen LogP contribution >= 0.6 is 0 Å². The van der Waals surface area contributed by atoms with Crippen molar-refractivity contribution in [3.05, 3.63) is 29.3 Å². The van der Waals surface area contributed by atoms with E-state index < -0.39 is 0 Å². The normalized spacial score (nSPS) is 17.1. The third-order valence-corrected chi connectivity index (χ3v) is 3.44. The second kappa shape index (κ2) is 5.29. The Kier molecular flexibility index (Phi) is 3.93.